The molecule has 6 nitrogen and oxygen atoms in total. The van der Waals surface area contributed by atoms with Gasteiger partial charge in [0, 0.05) is 13.1 Å². The van der Waals surface area contributed by atoms with Crippen LogP contribution >= 0.6 is 11.6 Å². The van der Waals surface area contributed by atoms with Gasteiger partial charge >= 0.3 is 0 Å². The fourth-order valence-corrected chi connectivity index (χ4v) is 2.93. The normalized spacial score (nSPS) is 17.7. The summed E-state index contributed by atoms with van der Waals surface area (Å²) in [6.45, 7) is 1.58. The molecule has 2 heterocycles. The number of halogens is 1. The van der Waals surface area contributed by atoms with E-state index in [1.807, 2.05) is 0 Å². The predicted molar refractivity (Wildman–Crippen MR) is 73.0 cm³/mol. The van der Waals surface area contributed by atoms with Crippen molar-refractivity contribution in [2.75, 3.05) is 23.7 Å². The minimum Gasteiger partial charge on any atom is -0.341 e. The van der Waals surface area contributed by atoms with Crippen molar-refractivity contribution in [1.29, 1.82) is 0 Å². The highest BCUT2D eigenvalue weighted by molar-refractivity contribution is 7.85. The topological polar surface area (TPSA) is 83.4 Å². The average Bonchev–Trinajstić information content (AvgIpc) is 2.37. The van der Waals surface area contributed by atoms with Crippen molar-refractivity contribution in [2.24, 2.45) is 5.92 Å². The third-order valence-corrected chi connectivity index (χ3v) is 4.23. The molecule has 1 aromatic rings. The number of rotatable bonds is 4. The minimum absolute atomic E-state index is 0.158. The summed E-state index contributed by atoms with van der Waals surface area (Å²) in [4.78, 5) is 10.4. The van der Waals surface area contributed by atoms with E-state index in [4.69, 9.17) is 16.2 Å². The molecule has 1 aliphatic rings. The first-order valence-electron chi connectivity index (χ1n) is 6.12. The summed E-state index contributed by atoms with van der Waals surface area (Å²) in [7, 11) is -3.85. The molecule has 1 N–H and O–H groups in total. The van der Waals surface area contributed by atoms with Crippen molar-refractivity contribution < 1.29 is 13.0 Å². The molecule has 0 aliphatic carbocycles. The number of hydrogen-bond acceptors (Lipinski definition) is 5. The van der Waals surface area contributed by atoms with Crippen molar-refractivity contribution >= 4 is 27.7 Å². The van der Waals surface area contributed by atoms with Gasteiger partial charge in [0.05, 0.1) is 23.2 Å². The van der Waals surface area contributed by atoms with Crippen LogP contribution in [0.1, 0.15) is 19.3 Å². The highest BCUT2D eigenvalue weighted by Crippen LogP contribution is 2.23. The van der Waals surface area contributed by atoms with E-state index in [0.29, 0.717) is 23.3 Å². The number of nitrogens with zero attached hydrogens (tertiary/aromatic N) is 3. The van der Waals surface area contributed by atoms with Gasteiger partial charge in [-0.05, 0) is 25.2 Å². The molecule has 0 bridgehead atoms. The Labute approximate surface area is 117 Å². The van der Waals surface area contributed by atoms with E-state index in [0.717, 1.165) is 25.9 Å². The molecular formula is C11H16ClN3O3S. The number of aromatic nitrogens is 2. The van der Waals surface area contributed by atoms with Crippen LogP contribution < -0.4 is 4.90 Å². The molecular weight excluding hydrogens is 290 g/mol. The zero-order valence-corrected chi connectivity index (χ0v) is 11.9. The van der Waals surface area contributed by atoms with Crippen molar-refractivity contribution in [3.05, 3.63) is 17.4 Å². The van der Waals surface area contributed by atoms with Crippen molar-refractivity contribution in [2.45, 2.75) is 19.3 Å². The maximum atomic E-state index is 10.7. The van der Waals surface area contributed by atoms with Crippen LogP contribution in [-0.4, -0.2) is 41.8 Å². The molecule has 1 saturated heterocycles. The zero-order valence-electron chi connectivity index (χ0n) is 10.4. The smallest absolute Gasteiger partial charge is 0.264 e. The molecule has 0 unspecified atom stereocenters. The maximum Gasteiger partial charge on any atom is 0.264 e. The van der Waals surface area contributed by atoms with E-state index in [9.17, 15) is 8.42 Å². The van der Waals surface area contributed by atoms with E-state index >= 15 is 0 Å². The molecule has 1 aromatic heterocycles. The Hall–Kier alpha value is -0.920. The Morgan fingerprint density at radius 2 is 1.89 bits per heavy atom. The summed E-state index contributed by atoms with van der Waals surface area (Å²) in [6.07, 6.45) is 5.39. The van der Waals surface area contributed by atoms with Gasteiger partial charge in [-0.15, -0.1) is 0 Å². The third-order valence-electron chi connectivity index (χ3n) is 3.29. The molecule has 0 atom stereocenters. The molecule has 19 heavy (non-hydrogen) atoms. The summed E-state index contributed by atoms with van der Waals surface area (Å²) < 4.78 is 30.1. The van der Waals surface area contributed by atoms with Gasteiger partial charge in [-0.2, -0.15) is 8.42 Å². The first-order chi connectivity index (χ1) is 8.94. The highest BCUT2D eigenvalue weighted by atomic mass is 35.5. The monoisotopic (exact) mass is 305 g/mol. The SMILES string of the molecule is O=S(=O)(O)CCC1CCN(c2ncc(Cl)cn2)CC1. The maximum absolute atomic E-state index is 10.7. The fraction of sp³-hybridized carbons (Fsp3) is 0.636. The summed E-state index contributed by atoms with van der Waals surface area (Å²) in [5.74, 6) is 0.817. The largest absolute Gasteiger partial charge is 0.341 e. The lowest BCUT2D eigenvalue weighted by molar-refractivity contribution is 0.386. The number of piperidine rings is 1. The van der Waals surface area contributed by atoms with Crippen LogP contribution in [0.25, 0.3) is 0 Å². The van der Waals surface area contributed by atoms with Crippen LogP contribution in [-0.2, 0) is 10.1 Å². The van der Waals surface area contributed by atoms with Crippen LogP contribution in [0.3, 0.4) is 0 Å². The minimum atomic E-state index is -3.85. The van der Waals surface area contributed by atoms with Crippen LogP contribution in [0, 0.1) is 5.92 Å². The third kappa shape index (κ3) is 4.59. The summed E-state index contributed by atoms with van der Waals surface area (Å²) >= 11 is 5.73. The Morgan fingerprint density at radius 1 is 1.32 bits per heavy atom. The molecule has 0 amide bonds. The van der Waals surface area contributed by atoms with Gasteiger partial charge in [0.2, 0.25) is 5.95 Å². The standard InChI is InChI=1S/C11H16ClN3O3S/c12-10-7-13-11(14-8-10)15-4-1-9(2-5-15)3-6-19(16,17)18/h7-9H,1-6H2,(H,16,17,18). The number of hydrogen-bond donors (Lipinski definition) is 1. The van der Waals surface area contributed by atoms with Crippen LogP contribution in [0.4, 0.5) is 5.95 Å². The Kier molecular flexibility index (Phi) is 4.59. The summed E-state index contributed by atoms with van der Waals surface area (Å²) in [6, 6.07) is 0. The van der Waals surface area contributed by atoms with E-state index in [-0.39, 0.29) is 5.75 Å². The van der Waals surface area contributed by atoms with E-state index in [1.54, 1.807) is 12.4 Å². The predicted octanol–water partition coefficient (Wildman–Crippen LogP) is 1.62. The molecule has 2 rings (SSSR count). The number of anilines is 1. The van der Waals surface area contributed by atoms with Gasteiger partial charge in [0.1, 0.15) is 0 Å². The van der Waals surface area contributed by atoms with Gasteiger partial charge < -0.3 is 4.90 Å². The Morgan fingerprint density at radius 3 is 2.42 bits per heavy atom. The molecule has 0 saturated carbocycles. The second kappa shape index (κ2) is 6.02. The lowest BCUT2D eigenvalue weighted by Crippen LogP contribution is -2.35. The van der Waals surface area contributed by atoms with Gasteiger partial charge in [0.15, 0.2) is 0 Å². The van der Waals surface area contributed by atoms with Crippen LogP contribution in [0.5, 0.6) is 0 Å². The second-order valence-corrected chi connectivity index (χ2v) is 6.71. The van der Waals surface area contributed by atoms with E-state index in [1.165, 1.54) is 0 Å². The molecule has 8 heteroatoms. The van der Waals surface area contributed by atoms with Gasteiger partial charge in [-0.1, -0.05) is 11.6 Å². The van der Waals surface area contributed by atoms with Gasteiger partial charge in [-0.3, -0.25) is 4.55 Å². The fourth-order valence-electron chi connectivity index (χ4n) is 2.21. The Balaban J connectivity index is 1.84. The molecule has 0 radical (unpaired) electrons. The van der Waals surface area contributed by atoms with E-state index < -0.39 is 10.1 Å². The van der Waals surface area contributed by atoms with Crippen molar-refractivity contribution in [1.82, 2.24) is 9.97 Å². The van der Waals surface area contributed by atoms with Gasteiger partial charge in [0.25, 0.3) is 10.1 Å². The quantitative estimate of drug-likeness (QED) is 0.851. The average molecular weight is 306 g/mol. The summed E-state index contributed by atoms with van der Waals surface area (Å²) in [5, 5.41) is 0.506. The van der Waals surface area contributed by atoms with Gasteiger partial charge in [-0.25, -0.2) is 9.97 Å². The highest BCUT2D eigenvalue weighted by Gasteiger charge is 2.22. The van der Waals surface area contributed by atoms with Crippen molar-refractivity contribution in [3.8, 4) is 0 Å². The first-order valence-corrected chi connectivity index (χ1v) is 8.10. The Bertz CT molecular complexity index is 512. The van der Waals surface area contributed by atoms with Crippen LogP contribution in [0.15, 0.2) is 12.4 Å². The molecule has 1 aliphatic heterocycles. The molecule has 0 spiro atoms. The summed E-state index contributed by atoms with van der Waals surface area (Å²) in [5.41, 5.74) is 0. The second-order valence-electron chi connectivity index (χ2n) is 4.71. The molecule has 0 aromatic carbocycles. The lowest BCUT2D eigenvalue weighted by atomic mass is 9.94. The zero-order chi connectivity index (χ0) is 13.9. The van der Waals surface area contributed by atoms with E-state index in [2.05, 4.69) is 14.9 Å². The molecule has 1 fully saturated rings. The lowest BCUT2D eigenvalue weighted by Gasteiger charge is -2.31. The van der Waals surface area contributed by atoms with Crippen LogP contribution in [0.2, 0.25) is 5.02 Å². The molecule has 106 valence electrons. The van der Waals surface area contributed by atoms with Crippen molar-refractivity contribution in [3.63, 3.8) is 0 Å². The first kappa shape index (κ1) is 14.5.